The van der Waals surface area contributed by atoms with Crippen LogP contribution in [0.3, 0.4) is 0 Å². The van der Waals surface area contributed by atoms with Crippen molar-refractivity contribution in [3.8, 4) is 0 Å². The lowest BCUT2D eigenvalue weighted by molar-refractivity contribution is -0.118. The van der Waals surface area contributed by atoms with Crippen molar-refractivity contribution in [3.63, 3.8) is 0 Å². The predicted molar refractivity (Wildman–Crippen MR) is 68.6 cm³/mol. The molecule has 0 aliphatic heterocycles. The first kappa shape index (κ1) is 13.7. The number of carbonyl (C=O) groups excluding carboxylic acids is 1. The van der Waals surface area contributed by atoms with Crippen molar-refractivity contribution in [2.75, 3.05) is 13.6 Å². The highest BCUT2D eigenvalue weighted by Gasteiger charge is 2.21. The van der Waals surface area contributed by atoms with Crippen molar-refractivity contribution in [2.24, 2.45) is 5.92 Å². The van der Waals surface area contributed by atoms with Gasteiger partial charge in [-0.1, -0.05) is 26.7 Å². The predicted octanol–water partition coefficient (Wildman–Crippen LogP) is 3.26. The Balaban J connectivity index is 2.18. The third-order valence-electron chi connectivity index (χ3n) is 3.89. The quantitative estimate of drug-likeness (QED) is 0.691. The maximum atomic E-state index is 11.2. The van der Waals surface area contributed by atoms with E-state index in [0.29, 0.717) is 12.2 Å². The van der Waals surface area contributed by atoms with Gasteiger partial charge in [0.2, 0.25) is 0 Å². The van der Waals surface area contributed by atoms with Crippen LogP contribution >= 0.6 is 0 Å². The van der Waals surface area contributed by atoms with Gasteiger partial charge >= 0.3 is 0 Å². The molecule has 2 heteroatoms. The zero-order chi connectivity index (χ0) is 12.0. The summed E-state index contributed by atoms with van der Waals surface area (Å²) in [7, 11) is 2.22. The van der Waals surface area contributed by atoms with Crippen molar-refractivity contribution < 1.29 is 4.79 Å². The number of hydrogen-bond acceptors (Lipinski definition) is 2. The summed E-state index contributed by atoms with van der Waals surface area (Å²) in [5, 5.41) is 0. The summed E-state index contributed by atoms with van der Waals surface area (Å²) in [4.78, 5) is 13.7. The van der Waals surface area contributed by atoms with Crippen LogP contribution in [0.25, 0.3) is 0 Å². The fourth-order valence-corrected chi connectivity index (χ4v) is 2.69. The molecular weight excluding hydrogens is 198 g/mol. The third kappa shape index (κ3) is 4.65. The maximum Gasteiger partial charge on any atom is 0.132 e. The van der Waals surface area contributed by atoms with Crippen LogP contribution in [0.5, 0.6) is 0 Å². The van der Waals surface area contributed by atoms with Crippen LogP contribution in [0.2, 0.25) is 0 Å². The van der Waals surface area contributed by atoms with Crippen molar-refractivity contribution >= 4 is 5.78 Å². The first-order valence-electron chi connectivity index (χ1n) is 6.85. The topological polar surface area (TPSA) is 20.3 Å². The van der Waals surface area contributed by atoms with Gasteiger partial charge < -0.3 is 4.90 Å². The Morgan fingerprint density at radius 3 is 2.75 bits per heavy atom. The van der Waals surface area contributed by atoms with Gasteiger partial charge in [-0.15, -0.1) is 0 Å². The van der Waals surface area contributed by atoms with Crippen LogP contribution in [0.4, 0.5) is 0 Å². The molecule has 2 atom stereocenters. The fraction of sp³-hybridized carbons (Fsp3) is 0.929. The van der Waals surface area contributed by atoms with Crippen molar-refractivity contribution in [1.29, 1.82) is 0 Å². The smallest absolute Gasteiger partial charge is 0.132 e. The second-order valence-electron chi connectivity index (χ2n) is 5.40. The van der Waals surface area contributed by atoms with E-state index in [4.69, 9.17) is 0 Å². The van der Waals surface area contributed by atoms with Gasteiger partial charge in [0.15, 0.2) is 0 Å². The van der Waals surface area contributed by atoms with Gasteiger partial charge in [-0.25, -0.2) is 0 Å². The molecule has 1 saturated carbocycles. The highest BCUT2D eigenvalue weighted by molar-refractivity contribution is 5.77. The standard InChI is InChI=1S/C14H27NO/c1-4-14(16)9-6-10-15(3)13-8-5-7-12(2)11-13/h12-13H,4-11H2,1-3H3. The molecular formula is C14H27NO. The largest absolute Gasteiger partial charge is 0.303 e. The van der Waals surface area contributed by atoms with E-state index in [2.05, 4.69) is 18.9 Å². The zero-order valence-corrected chi connectivity index (χ0v) is 11.2. The lowest BCUT2D eigenvalue weighted by Gasteiger charge is -2.34. The Bertz CT molecular complexity index is 215. The van der Waals surface area contributed by atoms with Gasteiger partial charge in [-0.2, -0.15) is 0 Å². The first-order valence-corrected chi connectivity index (χ1v) is 6.85. The van der Waals surface area contributed by atoms with E-state index in [9.17, 15) is 4.79 Å². The number of rotatable bonds is 6. The van der Waals surface area contributed by atoms with E-state index in [0.717, 1.165) is 31.3 Å². The van der Waals surface area contributed by atoms with Crippen LogP contribution in [-0.4, -0.2) is 30.3 Å². The van der Waals surface area contributed by atoms with E-state index < -0.39 is 0 Å². The van der Waals surface area contributed by atoms with Crippen LogP contribution in [0.15, 0.2) is 0 Å². The minimum absolute atomic E-state index is 0.408. The maximum absolute atomic E-state index is 11.2. The lowest BCUT2D eigenvalue weighted by Crippen LogP contribution is -2.36. The molecule has 1 fully saturated rings. The van der Waals surface area contributed by atoms with Crippen molar-refractivity contribution in [3.05, 3.63) is 0 Å². The average Bonchev–Trinajstić information content (AvgIpc) is 2.28. The second kappa shape index (κ2) is 7.05. The van der Waals surface area contributed by atoms with Gasteiger partial charge in [0.1, 0.15) is 5.78 Å². The van der Waals surface area contributed by atoms with Crippen LogP contribution in [-0.2, 0) is 4.79 Å². The molecule has 0 amide bonds. The summed E-state index contributed by atoms with van der Waals surface area (Å²) in [5.74, 6) is 1.30. The van der Waals surface area contributed by atoms with E-state index in [1.54, 1.807) is 0 Å². The molecule has 0 radical (unpaired) electrons. The Kier molecular flexibility index (Phi) is 6.04. The molecule has 94 valence electrons. The molecule has 0 saturated heterocycles. The van der Waals surface area contributed by atoms with Gasteiger partial charge in [0.25, 0.3) is 0 Å². The number of hydrogen-bond donors (Lipinski definition) is 0. The molecule has 0 aromatic carbocycles. The molecule has 0 N–H and O–H groups in total. The Hall–Kier alpha value is -0.370. The van der Waals surface area contributed by atoms with E-state index in [-0.39, 0.29) is 0 Å². The summed E-state index contributed by atoms with van der Waals surface area (Å²) < 4.78 is 0. The van der Waals surface area contributed by atoms with Crippen molar-refractivity contribution in [1.82, 2.24) is 4.90 Å². The molecule has 0 heterocycles. The number of ketones is 1. The Morgan fingerprint density at radius 1 is 1.38 bits per heavy atom. The molecule has 2 nitrogen and oxygen atoms in total. The van der Waals surface area contributed by atoms with Gasteiger partial charge in [0.05, 0.1) is 0 Å². The fourth-order valence-electron chi connectivity index (χ4n) is 2.69. The Labute approximate surface area is 100 Å². The van der Waals surface area contributed by atoms with Gasteiger partial charge in [-0.05, 0) is 38.8 Å². The molecule has 1 aliphatic rings. The van der Waals surface area contributed by atoms with Crippen LogP contribution in [0, 0.1) is 5.92 Å². The minimum atomic E-state index is 0.408. The molecule has 1 aliphatic carbocycles. The van der Waals surface area contributed by atoms with Gasteiger partial charge in [0, 0.05) is 18.9 Å². The molecule has 1 rings (SSSR count). The molecule has 2 unspecified atom stereocenters. The highest BCUT2D eigenvalue weighted by Crippen LogP contribution is 2.26. The monoisotopic (exact) mass is 225 g/mol. The molecule has 0 bridgehead atoms. The third-order valence-corrected chi connectivity index (χ3v) is 3.89. The van der Waals surface area contributed by atoms with Gasteiger partial charge in [-0.3, -0.25) is 4.79 Å². The zero-order valence-electron chi connectivity index (χ0n) is 11.2. The molecule has 0 aromatic rings. The summed E-state index contributed by atoms with van der Waals surface area (Å²) in [6, 6.07) is 0.764. The lowest BCUT2D eigenvalue weighted by atomic mass is 9.86. The number of Topliss-reactive ketones (excluding diaryl/α,β-unsaturated/α-hetero) is 1. The van der Waals surface area contributed by atoms with Crippen LogP contribution < -0.4 is 0 Å². The van der Waals surface area contributed by atoms with E-state index >= 15 is 0 Å². The number of carbonyl (C=O) groups is 1. The van der Waals surface area contributed by atoms with E-state index in [1.807, 2.05) is 6.92 Å². The minimum Gasteiger partial charge on any atom is -0.303 e. The van der Waals surface area contributed by atoms with E-state index in [1.165, 1.54) is 25.7 Å². The van der Waals surface area contributed by atoms with Crippen LogP contribution in [0.1, 0.15) is 58.8 Å². The molecule has 0 aromatic heterocycles. The summed E-state index contributed by atoms with van der Waals surface area (Å²) in [6.45, 7) is 5.40. The van der Waals surface area contributed by atoms with Crippen molar-refractivity contribution in [2.45, 2.75) is 64.8 Å². The molecule has 16 heavy (non-hydrogen) atoms. The summed E-state index contributed by atoms with van der Waals surface area (Å²) in [5.41, 5.74) is 0. The number of nitrogens with zero attached hydrogens (tertiary/aromatic N) is 1. The average molecular weight is 225 g/mol. The molecule has 0 spiro atoms. The Morgan fingerprint density at radius 2 is 2.12 bits per heavy atom. The normalized spacial score (nSPS) is 26.0. The highest BCUT2D eigenvalue weighted by atomic mass is 16.1. The summed E-state index contributed by atoms with van der Waals surface area (Å²) in [6.07, 6.45) is 7.98. The summed E-state index contributed by atoms with van der Waals surface area (Å²) >= 11 is 0. The second-order valence-corrected chi connectivity index (χ2v) is 5.40. The SMILES string of the molecule is CCC(=O)CCCN(C)C1CCCC(C)C1. The first-order chi connectivity index (χ1) is 7.63.